The number of hydrogen-bond donors (Lipinski definition) is 5. The quantitative estimate of drug-likeness (QED) is 0.0841. The van der Waals surface area contributed by atoms with Gasteiger partial charge in [0.25, 0.3) is 0 Å². The molecule has 3 aromatic carbocycles. The summed E-state index contributed by atoms with van der Waals surface area (Å²) in [5.74, 6) is -0.0579. The number of nitrogens with one attached hydrogen (secondary N) is 3. The van der Waals surface area contributed by atoms with E-state index in [9.17, 15) is 19.8 Å². The van der Waals surface area contributed by atoms with Crippen LogP contribution in [0.15, 0.2) is 66.7 Å². The first-order chi connectivity index (χ1) is 23.0. The Labute approximate surface area is 278 Å². The number of rotatable bonds is 16. The van der Waals surface area contributed by atoms with E-state index in [4.69, 9.17) is 4.74 Å². The van der Waals surface area contributed by atoms with Crippen molar-refractivity contribution in [2.75, 3.05) is 43.4 Å². The summed E-state index contributed by atoms with van der Waals surface area (Å²) < 4.78 is 5.78. The highest BCUT2D eigenvalue weighted by Gasteiger charge is 2.24. The van der Waals surface area contributed by atoms with E-state index in [2.05, 4.69) is 20.9 Å². The summed E-state index contributed by atoms with van der Waals surface area (Å²) in [5, 5.41) is 29.8. The Balaban J connectivity index is 0.867. The number of aliphatic hydroxyl groups excluding tert-OH is 1. The van der Waals surface area contributed by atoms with Gasteiger partial charge in [0.05, 0.1) is 17.5 Å². The summed E-state index contributed by atoms with van der Waals surface area (Å²) >= 11 is 0. The van der Waals surface area contributed by atoms with Crippen LogP contribution < -0.4 is 16.0 Å². The molecule has 2 aliphatic rings. The molecule has 0 radical (unpaired) electrons. The van der Waals surface area contributed by atoms with Crippen LogP contribution in [0.5, 0.6) is 5.75 Å². The number of phenols is 1. The second-order valence-electron chi connectivity index (χ2n) is 12.8. The lowest BCUT2D eigenvalue weighted by Gasteiger charge is -2.31. The fraction of sp³-hybridized carbons (Fsp3) is 0.474. The molecule has 0 unspecified atom stereocenters. The lowest BCUT2D eigenvalue weighted by molar-refractivity contribution is -0.116. The fourth-order valence-corrected chi connectivity index (χ4v) is 6.63. The van der Waals surface area contributed by atoms with E-state index < -0.39 is 6.10 Å². The Morgan fingerprint density at radius 1 is 0.894 bits per heavy atom. The molecular formula is C38H50N4O5. The van der Waals surface area contributed by atoms with Gasteiger partial charge in [-0.25, -0.2) is 4.79 Å². The molecule has 0 aliphatic carbocycles. The van der Waals surface area contributed by atoms with Crippen molar-refractivity contribution >= 4 is 23.4 Å². The molecule has 47 heavy (non-hydrogen) atoms. The number of carbonyl (C=O) groups is 2. The highest BCUT2D eigenvalue weighted by Crippen LogP contribution is 2.36. The van der Waals surface area contributed by atoms with Crippen LogP contribution in [0.1, 0.15) is 81.4 Å². The van der Waals surface area contributed by atoms with E-state index in [1.54, 1.807) is 6.07 Å². The second-order valence-corrected chi connectivity index (χ2v) is 12.8. The molecule has 1 saturated heterocycles. The third-order valence-electron chi connectivity index (χ3n) is 9.28. The van der Waals surface area contributed by atoms with Gasteiger partial charge >= 0.3 is 6.09 Å². The summed E-state index contributed by atoms with van der Waals surface area (Å²) in [5.41, 5.74) is 4.84. The number of likely N-dealkylation sites (tertiary alicyclic amines) is 1. The fourth-order valence-electron chi connectivity index (χ4n) is 6.63. The number of aromatic hydroxyl groups is 1. The van der Waals surface area contributed by atoms with Gasteiger partial charge in [0.1, 0.15) is 11.9 Å². The molecule has 252 valence electrons. The van der Waals surface area contributed by atoms with Crippen LogP contribution in [0.3, 0.4) is 0 Å². The second kappa shape index (κ2) is 17.8. The maximum absolute atomic E-state index is 12.7. The van der Waals surface area contributed by atoms with Gasteiger partial charge < -0.3 is 30.5 Å². The van der Waals surface area contributed by atoms with Gasteiger partial charge in [0.15, 0.2) is 0 Å². The normalized spacial score (nSPS) is 15.9. The Bertz CT molecular complexity index is 1440. The Morgan fingerprint density at radius 3 is 2.38 bits per heavy atom. The molecule has 2 heterocycles. The predicted octanol–water partition coefficient (Wildman–Crippen LogP) is 7.01. The molecule has 2 aliphatic heterocycles. The Hall–Kier alpha value is -3.92. The van der Waals surface area contributed by atoms with E-state index in [1.165, 1.54) is 44.6 Å². The summed E-state index contributed by atoms with van der Waals surface area (Å²) in [6.45, 7) is 4.34. The summed E-state index contributed by atoms with van der Waals surface area (Å²) in [7, 11) is 0. The number of anilines is 2. The van der Waals surface area contributed by atoms with Crippen molar-refractivity contribution in [3.05, 3.63) is 77.9 Å². The molecule has 1 atom stereocenters. The third-order valence-corrected chi connectivity index (χ3v) is 9.28. The van der Waals surface area contributed by atoms with Crippen molar-refractivity contribution in [3.63, 3.8) is 0 Å². The van der Waals surface area contributed by atoms with E-state index in [1.807, 2.05) is 54.6 Å². The van der Waals surface area contributed by atoms with Crippen molar-refractivity contribution in [1.82, 2.24) is 10.2 Å². The van der Waals surface area contributed by atoms with E-state index in [0.29, 0.717) is 25.1 Å². The molecule has 1 fully saturated rings. The lowest BCUT2D eigenvalue weighted by atomic mass is 9.93. The number of phenolic OH excluding ortho intramolecular Hbond substituents is 1. The number of fused-ring (bicyclic) bond motifs is 1. The zero-order chi connectivity index (χ0) is 32.8. The number of aliphatic hydroxyl groups is 1. The van der Waals surface area contributed by atoms with E-state index in [-0.39, 0.29) is 23.9 Å². The van der Waals surface area contributed by atoms with Gasteiger partial charge in [0, 0.05) is 31.6 Å². The van der Waals surface area contributed by atoms with Crippen LogP contribution in [0.2, 0.25) is 0 Å². The van der Waals surface area contributed by atoms with E-state index >= 15 is 0 Å². The number of para-hydroxylation sites is 1. The largest absolute Gasteiger partial charge is 0.506 e. The molecule has 0 aromatic heterocycles. The molecule has 9 heteroatoms. The molecule has 0 bridgehead atoms. The van der Waals surface area contributed by atoms with Crippen molar-refractivity contribution in [1.29, 1.82) is 0 Å². The number of hydrogen-bond acceptors (Lipinski definition) is 7. The van der Waals surface area contributed by atoms with Crippen molar-refractivity contribution in [2.45, 2.75) is 82.8 Å². The van der Waals surface area contributed by atoms with Crippen LogP contribution in [0.25, 0.3) is 11.1 Å². The number of nitrogens with zero attached hydrogens (tertiary/aromatic N) is 1. The monoisotopic (exact) mass is 642 g/mol. The predicted molar refractivity (Wildman–Crippen MR) is 187 cm³/mol. The van der Waals surface area contributed by atoms with Gasteiger partial charge in [-0.1, -0.05) is 86.7 Å². The average molecular weight is 643 g/mol. The van der Waals surface area contributed by atoms with Crippen molar-refractivity contribution < 1.29 is 24.5 Å². The van der Waals surface area contributed by atoms with Gasteiger partial charge in [-0.05, 0) is 74.0 Å². The smallest absolute Gasteiger partial charge is 0.411 e. The first-order valence-corrected chi connectivity index (χ1v) is 17.4. The lowest BCUT2D eigenvalue weighted by Crippen LogP contribution is -2.38. The average Bonchev–Trinajstić information content (AvgIpc) is 3.09. The van der Waals surface area contributed by atoms with Crippen LogP contribution in [0.4, 0.5) is 16.2 Å². The first kappa shape index (κ1) is 34.4. The standard InChI is InChI=1S/C38H50N4O5/c43-34-19-17-31(32-18-20-36(45)41-37(32)34)35(44)27-39-23-11-4-2-1-3-5-12-24-42-25-21-29(22-26-42)47-38(46)40-33-16-10-9-15-30(33)28-13-7-6-8-14-28/h6-10,13-17,19,29,35,39,43-44H,1-5,11-12,18,20-27H2,(H,40,46)(H,41,45)/t35-/m1/s1. The van der Waals surface area contributed by atoms with Gasteiger partial charge in [-0.2, -0.15) is 0 Å². The molecule has 0 saturated carbocycles. The minimum atomic E-state index is -0.675. The molecular weight excluding hydrogens is 592 g/mol. The van der Waals surface area contributed by atoms with E-state index in [0.717, 1.165) is 73.4 Å². The highest BCUT2D eigenvalue weighted by molar-refractivity contribution is 5.96. The number of ether oxygens (including phenoxy) is 1. The summed E-state index contributed by atoms with van der Waals surface area (Å²) in [6.07, 6.45) is 9.92. The Morgan fingerprint density at radius 2 is 1.60 bits per heavy atom. The number of carbonyl (C=O) groups excluding carboxylic acids is 2. The minimum absolute atomic E-state index is 0.0461. The molecule has 9 nitrogen and oxygen atoms in total. The summed E-state index contributed by atoms with van der Waals surface area (Å²) in [4.78, 5) is 26.9. The zero-order valence-electron chi connectivity index (χ0n) is 27.4. The molecule has 5 N–H and O–H groups in total. The minimum Gasteiger partial charge on any atom is -0.506 e. The number of benzene rings is 3. The zero-order valence-corrected chi connectivity index (χ0v) is 27.4. The molecule has 0 spiro atoms. The van der Waals surface area contributed by atoms with Crippen molar-refractivity contribution in [2.24, 2.45) is 0 Å². The molecule has 3 aromatic rings. The van der Waals surface area contributed by atoms with Gasteiger partial charge in [0.2, 0.25) is 5.91 Å². The van der Waals surface area contributed by atoms with Crippen LogP contribution in [-0.2, 0) is 16.0 Å². The number of piperidine rings is 1. The van der Waals surface area contributed by atoms with Crippen molar-refractivity contribution in [3.8, 4) is 16.9 Å². The highest BCUT2D eigenvalue weighted by atomic mass is 16.6. The first-order valence-electron chi connectivity index (χ1n) is 17.4. The number of amides is 2. The SMILES string of the molecule is O=C1CCc2c([C@H](O)CNCCCCCCCCCN3CCC(OC(=O)Nc4ccccc4-c4ccccc4)CC3)ccc(O)c2N1. The van der Waals surface area contributed by atoms with Crippen LogP contribution in [0, 0.1) is 0 Å². The summed E-state index contributed by atoms with van der Waals surface area (Å²) in [6, 6.07) is 21.1. The third kappa shape index (κ3) is 10.3. The van der Waals surface area contributed by atoms with Crippen LogP contribution >= 0.6 is 0 Å². The maximum Gasteiger partial charge on any atom is 0.411 e. The Kier molecular flexibility index (Phi) is 13.1. The van der Waals surface area contributed by atoms with Gasteiger partial charge in [-0.3, -0.25) is 10.1 Å². The molecule has 5 rings (SSSR count). The molecule has 2 amide bonds. The number of unbranched alkanes of at least 4 members (excludes halogenated alkanes) is 6. The maximum atomic E-state index is 12.7. The van der Waals surface area contributed by atoms with Crippen LogP contribution in [-0.4, -0.2) is 65.9 Å². The topological polar surface area (TPSA) is 123 Å². The van der Waals surface area contributed by atoms with Gasteiger partial charge in [-0.15, -0.1) is 0 Å².